The number of halogens is 2. The Morgan fingerprint density at radius 2 is 1.86 bits per heavy atom. The summed E-state index contributed by atoms with van der Waals surface area (Å²) in [4.78, 5) is 18.7. The lowest BCUT2D eigenvalue weighted by Gasteiger charge is -2.28. The van der Waals surface area contributed by atoms with Crippen LogP contribution < -0.4 is 10.1 Å². The number of ether oxygens (including phenoxy) is 2. The smallest absolute Gasteiger partial charge is 0.252 e. The van der Waals surface area contributed by atoms with E-state index in [-0.39, 0.29) is 12.5 Å². The maximum Gasteiger partial charge on any atom is 0.252 e. The van der Waals surface area contributed by atoms with Gasteiger partial charge in [-0.2, -0.15) is 0 Å². The normalized spacial score (nSPS) is 18.7. The first kappa shape index (κ1) is 27.2. The van der Waals surface area contributed by atoms with Crippen molar-refractivity contribution in [1.29, 1.82) is 0 Å². The van der Waals surface area contributed by atoms with Gasteiger partial charge >= 0.3 is 0 Å². The molecule has 1 heterocycles. The highest BCUT2D eigenvalue weighted by atomic mass is 79.9. The molecule has 4 rings (SSSR count). The lowest BCUT2D eigenvalue weighted by atomic mass is 9.86. The molecule has 2 atom stereocenters. The van der Waals surface area contributed by atoms with Gasteiger partial charge in [0.25, 0.3) is 5.91 Å². The fourth-order valence-corrected chi connectivity index (χ4v) is 4.75. The number of rotatable bonds is 11. The highest BCUT2D eigenvalue weighted by molar-refractivity contribution is 9.10. The Balaban J connectivity index is 1.56. The average molecular weight is 586 g/mol. The summed E-state index contributed by atoms with van der Waals surface area (Å²) < 4.78 is 12.7. The number of nitrogens with one attached hydrogen (secondary N) is 1. The quantitative estimate of drug-likeness (QED) is 0.297. The molecule has 0 aliphatic carbocycles. The van der Waals surface area contributed by atoms with Gasteiger partial charge < -0.3 is 19.9 Å². The van der Waals surface area contributed by atoms with Crippen molar-refractivity contribution in [2.45, 2.75) is 37.8 Å². The number of hydrogen-bond donors (Lipinski definition) is 2. The Labute approximate surface area is 230 Å². The number of carbonyl (C=O) groups is 1. The maximum atomic E-state index is 13.7. The van der Waals surface area contributed by atoms with E-state index in [0.29, 0.717) is 49.1 Å². The van der Waals surface area contributed by atoms with E-state index in [1.165, 1.54) is 0 Å². The molecule has 6 nitrogen and oxygen atoms in total. The molecule has 8 heteroatoms. The van der Waals surface area contributed by atoms with Gasteiger partial charge in [-0.05, 0) is 66.9 Å². The van der Waals surface area contributed by atoms with Gasteiger partial charge in [0.15, 0.2) is 5.54 Å². The topological polar surface area (TPSA) is 80.2 Å². The molecule has 194 valence electrons. The Kier molecular flexibility index (Phi) is 9.24. The molecule has 0 bridgehead atoms. The van der Waals surface area contributed by atoms with Gasteiger partial charge in [0.2, 0.25) is 5.90 Å². The van der Waals surface area contributed by atoms with E-state index in [1.807, 2.05) is 79.7 Å². The first-order valence-electron chi connectivity index (χ1n) is 12.3. The minimum atomic E-state index is -1.13. The lowest BCUT2D eigenvalue weighted by Crippen LogP contribution is -2.53. The summed E-state index contributed by atoms with van der Waals surface area (Å²) >= 11 is 9.61. The monoisotopic (exact) mass is 584 g/mol. The zero-order valence-electron chi connectivity index (χ0n) is 20.6. The lowest BCUT2D eigenvalue weighted by molar-refractivity contribution is -0.128. The molecular weight excluding hydrogens is 556 g/mol. The summed E-state index contributed by atoms with van der Waals surface area (Å²) in [5.41, 5.74) is 1.70. The third-order valence-electron chi connectivity index (χ3n) is 6.36. The van der Waals surface area contributed by atoms with E-state index in [4.69, 9.17) is 31.2 Å². The first-order chi connectivity index (χ1) is 17.9. The summed E-state index contributed by atoms with van der Waals surface area (Å²) in [5.74, 6) is 0.946. The molecule has 37 heavy (non-hydrogen) atoms. The summed E-state index contributed by atoms with van der Waals surface area (Å²) in [6.45, 7) is 2.88. The second-order valence-corrected chi connectivity index (χ2v) is 10.2. The van der Waals surface area contributed by atoms with Crippen LogP contribution >= 0.6 is 27.5 Å². The number of nitrogens with zero attached hydrogens (tertiary/aromatic N) is 1. The number of aliphatic imine (C=N–C) groups is 1. The zero-order chi connectivity index (χ0) is 26.3. The Bertz CT molecular complexity index is 1230. The second-order valence-electron chi connectivity index (χ2n) is 8.95. The third kappa shape index (κ3) is 6.72. The third-order valence-corrected chi connectivity index (χ3v) is 7.38. The molecular formula is C29H30BrClN2O4. The Morgan fingerprint density at radius 3 is 2.57 bits per heavy atom. The number of amides is 1. The van der Waals surface area contributed by atoms with Crippen molar-refractivity contribution in [3.05, 3.63) is 99.0 Å². The molecule has 0 radical (unpaired) electrons. The Hall–Kier alpha value is -2.87. The van der Waals surface area contributed by atoms with Gasteiger partial charge in [-0.1, -0.05) is 57.9 Å². The molecule has 2 N–H and O–H groups in total. The molecule has 0 unspecified atom stereocenters. The van der Waals surface area contributed by atoms with E-state index in [1.54, 1.807) is 0 Å². The van der Waals surface area contributed by atoms with Crippen molar-refractivity contribution in [2.24, 2.45) is 4.99 Å². The van der Waals surface area contributed by atoms with Crippen LogP contribution in [0.1, 0.15) is 30.0 Å². The molecule has 1 aliphatic rings. The van der Waals surface area contributed by atoms with Crippen molar-refractivity contribution in [2.75, 3.05) is 19.8 Å². The van der Waals surface area contributed by atoms with Crippen molar-refractivity contribution in [3.8, 4) is 5.75 Å². The standard InChI is InChI=1S/C29H30BrClN2O4/c1-20-29(19-23-5-2-3-6-26(23)30,28(35)32-16-15-21-7-11-24(31)12-8-21)33-27(37-20)22-9-13-25(14-10-22)36-18-4-17-34/h2-3,5-14,20,34H,4,15-19H2,1H3,(H,32,35)/t20-,29-/m1/s1. The number of hydrogen-bond acceptors (Lipinski definition) is 5. The van der Waals surface area contributed by atoms with Crippen molar-refractivity contribution in [1.82, 2.24) is 5.32 Å². The van der Waals surface area contributed by atoms with Gasteiger partial charge in [-0.15, -0.1) is 0 Å². The number of aliphatic hydroxyl groups is 1. The van der Waals surface area contributed by atoms with Crippen molar-refractivity contribution >= 4 is 39.3 Å². The fraction of sp³-hybridized carbons (Fsp3) is 0.310. The van der Waals surface area contributed by atoms with E-state index in [9.17, 15) is 4.79 Å². The second kappa shape index (κ2) is 12.6. The van der Waals surface area contributed by atoms with Gasteiger partial charge in [-0.25, -0.2) is 4.99 Å². The van der Waals surface area contributed by atoms with E-state index in [2.05, 4.69) is 21.2 Å². The van der Waals surface area contributed by atoms with Crippen LogP contribution in [-0.2, 0) is 22.4 Å². The van der Waals surface area contributed by atoms with Crippen LogP contribution in [0.2, 0.25) is 5.02 Å². The van der Waals surface area contributed by atoms with Crippen LogP contribution in [0.25, 0.3) is 0 Å². The van der Waals surface area contributed by atoms with E-state index >= 15 is 0 Å². The van der Waals surface area contributed by atoms with Crippen LogP contribution in [0, 0.1) is 0 Å². The van der Waals surface area contributed by atoms with Crippen molar-refractivity contribution in [3.63, 3.8) is 0 Å². The van der Waals surface area contributed by atoms with Gasteiger partial charge in [0, 0.05) is 41.1 Å². The minimum absolute atomic E-state index is 0.0853. The van der Waals surface area contributed by atoms with E-state index < -0.39 is 11.6 Å². The summed E-state index contributed by atoms with van der Waals surface area (Å²) in [7, 11) is 0. The molecule has 0 spiro atoms. The number of benzene rings is 3. The predicted octanol–water partition coefficient (Wildman–Crippen LogP) is 5.37. The highest BCUT2D eigenvalue weighted by Gasteiger charge is 2.50. The molecule has 0 saturated heterocycles. The zero-order valence-corrected chi connectivity index (χ0v) is 23.0. The highest BCUT2D eigenvalue weighted by Crippen LogP contribution is 2.34. The largest absolute Gasteiger partial charge is 0.494 e. The van der Waals surface area contributed by atoms with Crippen LogP contribution in [0.15, 0.2) is 82.3 Å². The molecule has 0 fully saturated rings. The fourth-order valence-electron chi connectivity index (χ4n) is 4.20. The number of carbonyl (C=O) groups excluding carboxylic acids is 1. The Morgan fingerprint density at radius 1 is 1.14 bits per heavy atom. The minimum Gasteiger partial charge on any atom is -0.494 e. The number of aliphatic hydroxyl groups excluding tert-OH is 1. The van der Waals surface area contributed by atoms with Gasteiger partial charge in [0.1, 0.15) is 11.9 Å². The molecule has 1 amide bonds. The maximum absolute atomic E-state index is 13.7. The average Bonchev–Trinajstić information content (AvgIpc) is 3.24. The molecule has 3 aromatic carbocycles. The summed E-state index contributed by atoms with van der Waals surface area (Å²) in [5, 5.41) is 12.7. The SMILES string of the molecule is C[C@H]1OC(c2ccc(OCCCO)cc2)=N[C@@]1(Cc1ccccc1Br)C(=O)NCCc1ccc(Cl)cc1. The molecule has 3 aromatic rings. The van der Waals surface area contributed by atoms with Crippen LogP contribution in [-0.4, -0.2) is 48.3 Å². The predicted molar refractivity (Wildman–Crippen MR) is 149 cm³/mol. The summed E-state index contributed by atoms with van der Waals surface area (Å²) in [6, 6.07) is 22.9. The van der Waals surface area contributed by atoms with Gasteiger partial charge in [-0.3, -0.25) is 4.79 Å². The molecule has 0 saturated carbocycles. The van der Waals surface area contributed by atoms with Crippen LogP contribution in [0.3, 0.4) is 0 Å². The summed E-state index contributed by atoms with van der Waals surface area (Å²) in [6.07, 6.45) is 1.15. The van der Waals surface area contributed by atoms with E-state index in [0.717, 1.165) is 21.2 Å². The van der Waals surface area contributed by atoms with Gasteiger partial charge in [0.05, 0.1) is 6.61 Å². The van der Waals surface area contributed by atoms with Crippen LogP contribution in [0.4, 0.5) is 0 Å². The van der Waals surface area contributed by atoms with Crippen LogP contribution in [0.5, 0.6) is 5.75 Å². The first-order valence-corrected chi connectivity index (χ1v) is 13.4. The molecule has 1 aliphatic heterocycles. The van der Waals surface area contributed by atoms with Crippen molar-refractivity contribution < 1.29 is 19.4 Å². The molecule has 0 aromatic heterocycles.